The highest BCUT2D eigenvalue weighted by atomic mass is 16.5. The molecule has 0 aromatic heterocycles. The van der Waals surface area contributed by atoms with Gasteiger partial charge in [-0.25, -0.2) is 4.79 Å². The van der Waals surface area contributed by atoms with Crippen LogP contribution in [0.4, 0.5) is 0 Å². The van der Waals surface area contributed by atoms with Gasteiger partial charge in [-0.05, 0) is 80.8 Å². The van der Waals surface area contributed by atoms with Gasteiger partial charge in [-0.2, -0.15) is 0 Å². The Bertz CT molecular complexity index is 1230. The first-order chi connectivity index (χ1) is 19.1. The Balaban J connectivity index is 1.35. The number of aliphatic hydroxyl groups is 3. The molecule has 4 saturated carbocycles. The predicted molar refractivity (Wildman–Crippen MR) is 149 cm³/mol. The lowest BCUT2D eigenvalue weighted by Gasteiger charge is -2.65. The van der Waals surface area contributed by atoms with Crippen LogP contribution in [-0.2, 0) is 16.1 Å². The molecule has 4 aliphatic carbocycles. The van der Waals surface area contributed by atoms with Crippen molar-refractivity contribution in [1.29, 1.82) is 0 Å². The molecule has 218 valence electrons. The number of cyclic esters (lactones) is 1. The molecule has 1 aromatic rings. The summed E-state index contributed by atoms with van der Waals surface area (Å²) in [5.74, 6) is 1.18. The zero-order chi connectivity index (χ0) is 28.3. The van der Waals surface area contributed by atoms with Crippen LogP contribution in [0.3, 0.4) is 0 Å². The number of rotatable bonds is 6. The first kappa shape index (κ1) is 27.7. The van der Waals surface area contributed by atoms with Crippen molar-refractivity contribution in [3.05, 3.63) is 35.4 Å². The third kappa shape index (κ3) is 3.89. The van der Waals surface area contributed by atoms with Crippen LogP contribution >= 0.6 is 0 Å². The van der Waals surface area contributed by atoms with E-state index >= 15 is 0 Å². The van der Waals surface area contributed by atoms with Crippen LogP contribution in [0.2, 0.25) is 0 Å². The summed E-state index contributed by atoms with van der Waals surface area (Å²) < 4.78 is 16.3. The number of methoxy groups -OCH3 is 2. The van der Waals surface area contributed by atoms with Crippen molar-refractivity contribution >= 4 is 12.2 Å². The molecule has 40 heavy (non-hydrogen) atoms. The van der Waals surface area contributed by atoms with Crippen LogP contribution in [0, 0.1) is 28.6 Å². The van der Waals surface area contributed by atoms with Gasteiger partial charge in [0.05, 0.1) is 38.1 Å². The molecular formula is C32H43NO7. The molecular weight excluding hydrogens is 510 g/mol. The second-order valence-electron chi connectivity index (χ2n) is 13.1. The maximum Gasteiger partial charge on any atom is 0.331 e. The van der Waals surface area contributed by atoms with Crippen molar-refractivity contribution in [1.82, 2.24) is 0 Å². The minimum Gasteiger partial charge on any atom is -0.493 e. The summed E-state index contributed by atoms with van der Waals surface area (Å²) >= 11 is 0. The fourth-order valence-electron chi connectivity index (χ4n) is 9.75. The molecule has 0 spiro atoms. The maximum absolute atomic E-state index is 12.6. The predicted octanol–water partition coefficient (Wildman–Crippen LogP) is 3.99. The topological polar surface area (TPSA) is 118 Å². The summed E-state index contributed by atoms with van der Waals surface area (Å²) in [5.41, 5.74) is -1.06. The van der Waals surface area contributed by atoms with Crippen molar-refractivity contribution in [3.63, 3.8) is 0 Å². The number of ether oxygens (including phenoxy) is 3. The quantitative estimate of drug-likeness (QED) is 0.360. The molecule has 8 nitrogen and oxygen atoms in total. The highest BCUT2D eigenvalue weighted by molar-refractivity contribution is 5.85. The molecule has 0 bridgehead atoms. The second kappa shape index (κ2) is 9.85. The number of para-hydroxylation sites is 1. The average molecular weight is 554 g/mol. The molecule has 3 N–H and O–H groups in total. The molecule has 8 atom stereocenters. The Hall–Kier alpha value is -2.42. The number of carbonyl (C=O) groups is 1. The van der Waals surface area contributed by atoms with Gasteiger partial charge in [0.1, 0.15) is 6.61 Å². The number of benzene rings is 1. The second-order valence-corrected chi connectivity index (χ2v) is 13.1. The van der Waals surface area contributed by atoms with Crippen LogP contribution in [0.1, 0.15) is 70.3 Å². The van der Waals surface area contributed by atoms with E-state index in [0.29, 0.717) is 63.2 Å². The average Bonchev–Trinajstić information content (AvgIpc) is 3.48. The van der Waals surface area contributed by atoms with E-state index in [-0.39, 0.29) is 29.1 Å². The van der Waals surface area contributed by atoms with E-state index in [4.69, 9.17) is 19.2 Å². The standard InChI is InChI=1S/C32H43NO7/c1-29-11-8-24-25(32(29,37)14-10-23(29)21-15-27(35)40-18-21)9-13-31(36)16-22(34)7-12-30(24,31)19-33-17-20-5-4-6-26(38-2)28(20)39-3/h4-6,15,19,22-25,34,36-37H,7-14,16-18H2,1-3H3/t22?,23?,24-,25?,29?,30?,31?,32?/m0/s1. The Labute approximate surface area is 236 Å². The summed E-state index contributed by atoms with van der Waals surface area (Å²) in [6, 6.07) is 5.74. The van der Waals surface area contributed by atoms with Crippen molar-refractivity contribution in [2.45, 2.75) is 88.6 Å². The molecule has 7 unspecified atom stereocenters. The molecule has 1 aromatic carbocycles. The van der Waals surface area contributed by atoms with Gasteiger partial charge >= 0.3 is 5.97 Å². The van der Waals surface area contributed by atoms with Crippen LogP contribution in [-0.4, -0.2) is 65.6 Å². The van der Waals surface area contributed by atoms with Gasteiger partial charge in [-0.15, -0.1) is 0 Å². The summed E-state index contributed by atoms with van der Waals surface area (Å²) in [4.78, 5) is 16.8. The maximum atomic E-state index is 12.6. The summed E-state index contributed by atoms with van der Waals surface area (Å²) in [6.07, 6.45) is 9.04. The molecule has 1 heterocycles. The fourth-order valence-corrected chi connectivity index (χ4v) is 9.75. The lowest BCUT2D eigenvalue weighted by molar-refractivity contribution is -0.237. The molecule has 0 amide bonds. The Morgan fingerprint density at radius 1 is 1.05 bits per heavy atom. The summed E-state index contributed by atoms with van der Waals surface area (Å²) in [6.45, 7) is 2.90. The Morgan fingerprint density at radius 3 is 2.58 bits per heavy atom. The summed E-state index contributed by atoms with van der Waals surface area (Å²) in [5, 5.41) is 35.4. The molecule has 0 saturated heterocycles. The highest BCUT2D eigenvalue weighted by Gasteiger charge is 2.71. The van der Waals surface area contributed by atoms with E-state index in [0.717, 1.165) is 30.4 Å². The fraction of sp³-hybridized carbons (Fsp3) is 0.688. The molecule has 6 rings (SSSR count). The molecule has 8 heteroatoms. The van der Waals surface area contributed by atoms with Gasteiger partial charge in [-0.1, -0.05) is 19.1 Å². The van der Waals surface area contributed by atoms with Crippen LogP contribution in [0.5, 0.6) is 11.5 Å². The van der Waals surface area contributed by atoms with Gasteiger partial charge < -0.3 is 29.5 Å². The highest BCUT2D eigenvalue weighted by Crippen LogP contribution is 2.70. The number of fused-ring (bicyclic) bond motifs is 5. The first-order valence-corrected chi connectivity index (χ1v) is 14.8. The molecule has 4 fully saturated rings. The van der Waals surface area contributed by atoms with E-state index in [1.807, 2.05) is 24.4 Å². The van der Waals surface area contributed by atoms with Gasteiger partial charge in [0.2, 0.25) is 0 Å². The first-order valence-electron chi connectivity index (χ1n) is 14.8. The lowest BCUT2D eigenvalue weighted by atomic mass is 9.41. The Kier molecular flexibility index (Phi) is 6.83. The number of hydrogen-bond acceptors (Lipinski definition) is 8. The minimum atomic E-state index is -1.08. The van der Waals surface area contributed by atoms with Gasteiger partial charge in [0.25, 0.3) is 0 Å². The zero-order valence-corrected chi connectivity index (χ0v) is 23.9. The van der Waals surface area contributed by atoms with Gasteiger partial charge in [0, 0.05) is 35.1 Å². The van der Waals surface area contributed by atoms with Crippen molar-refractivity contribution in [2.24, 2.45) is 33.6 Å². The van der Waals surface area contributed by atoms with E-state index in [1.54, 1.807) is 20.3 Å². The third-order valence-electron chi connectivity index (χ3n) is 11.7. The number of hydrogen-bond donors (Lipinski definition) is 3. The lowest BCUT2D eigenvalue weighted by Crippen LogP contribution is -2.68. The number of esters is 1. The van der Waals surface area contributed by atoms with Crippen LogP contribution < -0.4 is 9.47 Å². The zero-order valence-electron chi connectivity index (χ0n) is 23.9. The van der Waals surface area contributed by atoms with E-state index in [9.17, 15) is 20.1 Å². The third-order valence-corrected chi connectivity index (χ3v) is 11.7. The summed E-state index contributed by atoms with van der Waals surface area (Å²) in [7, 11) is 3.23. The van der Waals surface area contributed by atoms with Crippen molar-refractivity contribution in [3.8, 4) is 11.5 Å². The Morgan fingerprint density at radius 2 is 1.85 bits per heavy atom. The van der Waals surface area contributed by atoms with E-state index in [1.165, 1.54) is 0 Å². The number of nitrogens with zero attached hydrogens (tertiary/aromatic N) is 1. The van der Waals surface area contributed by atoms with E-state index < -0.39 is 22.7 Å². The minimum absolute atomic E-state index is 0.00296. The normalized spacial score (nSPS) is 42.5. The number of carbonyl (C=O) groups excluding carboxylic acids is 1. The molecule has 5 aliphatic rings. The van der Waals surface area contributed by atoms with Crippen molar-refractivity contribution < 1.29 is 34.3 Å². The van der Waals surface area contributed by atoms with E-state index in [2.05, 4.69) is 6.92 Å². The molecule has 0 radical (unpaired) electrons. The molecule has 1 aliphatic heterocycles. The largest absolute Gasteiger partial charge is 0.493 e. The van der Waals surface area contributed by atoms with Crippen molar-refractivity contribution in [2.75, 3.05) is 20.8 Å². The number of aliphatic imine (C=N–C) groups is 1. The smallest absolute Gasteiger partial charge is 0.331 e. The van der Waals surface area contributed by atoms with Gasteiger partial charge in [0.15, 0.2) is 11.5 Å². The van der Waals surface area contributed by atoms with Crippen LogP contribution in [0.25, 0.3) is 0 Å². The SMILES string of the molecule is COc1cccc(CN=CC23CCC(O)CC2(O)CCC2[C@@H]3CCC3(C)C(C4=CC(=O)OC4)CCC23O)c1OC. The van der Waals surface area contributed by atoms with Gasteiger partial charge in [-0.3, -0.25) is 4.99 Å². The monoisotopic (exact) mass is 553 g/mol. The number of aliphatic hydroxyl groups excluding tert-OH is 1. The van der Waals surface area contributed by atoms with Crippen LogP contribution in [0.15, 0.2) is 34.8 Å².